The average Bonchev–Trinajstić information content (AvgIpc) is 2.90. The molecule has 4 heteroatoms. The Morgan fingerprint density at radius 3 is 2.86 bits per heavy atom. The Morgan fingerprint density at radius 1 is 1.71 bits per heavy atom. The van der Waals surface area contributed by atoms with Crippen molar-refractivity contribution < 1.29 is 4.79 Å². The van der Waals surface area contributed by atoms with Crippen molar-refractivity contribution in [3.63, 3.8) is 0 Å². The van der Waals surface area contributed by atoms with E-state index in [-0.39, 0.29) is 5.91 Å². The van der Waals surface area contributed by atoms with Gasteiger partial charge in [-0.05, 0) is 19.8 Å². The van der Waals surface area contributed by atoms with Crippen LogP contribution in [-0.2, 0) is 7.05 Å². The zero-order valence-electron chi connectivity index (χ0n) is 8.60. The van der Waals surface area contributed by atoms with Crippen LogP contribution in [-0.4, -0.2) is 33.2 Å². The summed E-state index contributed by atoms with van der Waals surface area (Å²) >= 11 is 0. The van der Waals surface area contributed by atoms with Crippen LogP contribution in [0.15, 0.2) is 12.4 Å². The van der Waals surface area contributed by atoms with Gasteiger partial charge in [-0.25, -0.2) is 0 Å². The zero-order valence-corrected chi connectivity index (χ0v) is 8.60. The van der Waals surface area contributed by atoms with Crippen LogP contribution < -0.4 is 0 Å². The Morgan fingerprint density at radius 2 is 2.43 bits per heavy atom. The van der Waals surface area contributed by atoms with E-state index in [1.165, 1.54) is 0 Å². The maximum absolute atomic E-state index is 11.9. The van der Waals surface area contributed by atoms with E-state index in [1.807, 2.05) is 18.9 Å². The van der Waals surface area contributed by atoms with Gasteiger partial charge in [0.05, 0.1) is 11.8 Å². The van der Waals surface area contributed by atoms with Crippen molar-refractivity contribution >= 4 is 5.91 Å². The van der Waals surface area contributed by atoms with Crippen molar-refractivity contribution in [2.75, 3.05) is 6.54 Å². The van der Waals surface area contributed by atoms with E-state index in [2.05, 4.69) is 5.10 Å². The van der Waals surface area contributed by atoms with Crippen molar-refractivity contribution in [2.45, 2.75) is 25.8 Å². The number of aromatic nitrogens is 2. The third-order valence-corrected chi connectivity index (χ3v) is 2.54. The molecule has 76 valence electrons. The number of carbonyl (C=O) groups is 1. The first kappa shape index (κ1) is 9.24. The minimum Gasteiger partial charge on any atom is -0.336 e. The summed E-state index contributed by atoms with van der Waals surface area (Å²) in [4.78, 5) is 13.9. The standard InChI is InChI=1S/C10H15N3O/c1-3-13(9-4-5-9)10(14)8-6-11-12(2)7-8/h6-7,9H,3-5H2,1-2H3. The Kier molecular flexibility index (Phi) is 2.27. The highest BCUT2D eigenvalue weighted by atomic mass is 16.2. The molecule has 1 aromatic rings. The molecule has 0 unspecified atom stereocenters. The van der Waals surface area contributed by atoms with E-state index in [0.29, 0.717) is 11.6 Å². The van der Waals surface area contributed by atoms with Gasteiger partial charge < -0.3 is 4.90 Å². The second-order valence-electron chi connectivity index (χ2n) is 3.73. The van der Waals surface area contributed by atoms with Gasteiger partial charge in [0.2, 0.25) is 0 Å². The van der Waals surface area contributed by atoms with E-state index < -0.39 is 0 Å². The van der Waals surface area contributed by atoms with Crippen LogP contribution in [0.25, 0.3) is 0 Å². The minimum absolute atomic E-state index is 0.114. The van der Waals surface area contributed by atoms with Crippen molar-refractivity contribution in [2.24, 2.45) is 7.05 Å². The Bertz CT molecular complexity index is 341. The van der Waals surface area contributed by atoms with E-state index >= 15 is 0 Å². The lowest BCUT2D eigenvalue weighted by Crippen LogP contribution is -2.32. The van der Waals surface area contributed by atoms with Crippen LogP contribution in [0, 0.1) is 0 Å². The lowest BCUT2D eigenvalue weighted by molar-refractivity contribution is 0.0752. The maximum Gasteiger partial charge on any atom is 0.257 e. The Labute approximate surface area is 83.5 Å². The molecule has 1 saturated carbocycles. The zero-order chi connectivity index (χ0) is 10.1. The molecule has 0 N–H and O–H groups in total. The summed E-state index contributed by atoms with van der Waals surface area (Å²) in [5, 5.41) is 4.00. The molecule has 1 aromatic heterocycles. The lowest BCUT2D eigenvalue weighted by Gasteiger charge is -2.19. The highest BCUT2D eigenvalue weighted by Gasteiger charge is 2.32. The molecule has 4 nitrogen and oxygen atoms in total. The first-order chi connectivity index (χ1) is 6.72. The van der Waals surface area contributed by atoms with Crippen LogP contribution in [0.2, 0.25) is 0 Å². The summed E-state index contributed by atoms with van der Waals surface area (Å²) in [7, 11) is 1.82. The molecular formula is C10H15N3O. The lowest BCUT2D eigenvalue weighted by atomic mass is 10.3. The monoisotopic (exact) mass is 193 g/mol. The van der Waals surface area contributed by atoms with Gasteiger partial charge in [-0.1, -0.05) is 0 Å². The van der Waals surface area contributed by atoms with Gasteiger partial charge in [-0.3, -0.25) is 9.48 Å². The summed E-state index contributed by atoms with van der Waals surface area (Å²) in [5.41, 5.74) is 0.696. The van der Waals surface area contributed by atoms with Gasteiger partial charge in [-0.2, -0.15) is 5.10 Å². The summed E-state index contributed by atoms with van der Waals surface area (Å²) in [5.74, 6) is 0.114. The Balaban J connectivity index is 2.13. The van der Waals surface area contributed by atoms with Gasteiger partial charge in [0.1, 0.15) is 0 Å². The molecule has 1 heterocycles. The quantitative estimate of drug-likeness (QED) is 0.719. The van der Waals surface area contributed by atoms with Crippen LogP contribution >= 0.6 is 0 Å². The minimum atomic E-state index is 0.114. The molecule has 0 aliphatic heterocycles. The SMILES string of the molecule is CCN(C(=O)c1cnn(C)c1)C1CC1. The first-order valence-electron chi connectivity index (χ1n) is 5.02. The molecule has 0 atom stereocenters. The van der Waals surface area contributed by atoms with Gasteiger partial charge in [0.25, 0.3) is 5.91 Å². The Hall–Kier alpha value is -1.32. The number of nitrogens with zero attached hydrogens (tertiary/aromatic N) is 3. The molecule has 14 heavy (non-hydrogen) atoms. The molecule has 0 spiro atoms. The van der Waals surface area contributed by atoms with Gasteiger partial charge in [0, 0.05) is 25.8 Å². The third-order valence-electron chi connectivity index (χ3n) is 2.54. The molecule has 0 bridgehead atoms. The fourth-order valence-corrected chi connectivity index (χ4v) is 1.65. The van der Waals surface area contributed by atoms with E-state index in [1.54, 1.807) is 17.1 Å². The predicted molar refractivity (Wildman–Crippen MR) is 52.9 cm³/mol. The largest absolute Gasteiger partial charge is 0.336 e. The first-order valence-corrected chi connectivity index (χ1v) is 5.02. The number of aryl methyl sites for hydroxylation is 1. The average molecular weight is 193 g/mol. The molecule has 1 fully saturated rings. The third kappa shape index (κ3) is 1.64. The number of hydrogen-bond acceptors (Lipinski definition) is 2. The van der Waals surface area contributed by atoms with Crippen molar-refractivity contribution in [1.82, 2.24) is 14.7 Å². The normalized spacial score (nSPS) is 15.6. The number of hydrogen-bond donors (Lipinski definition) is 0. The maximum atomic E-state index is 11.9. The van der Waals surface area contributed by atoms with Crippen molar-refractivity contribution in [3.05, 3.63) is 18.0 Å². The fourth-order valence-electron chi connectivity index (χ4n) is 1.65. The smallest absolute Gasteiger partial charge is 0.257 e. The summed E-state index contributed by atoms with van der Waals surface area (Å²) in [6.45, 7) is 2.81. The summed E-state index contributed by atoms with van der Waals surface area (Å²) in [6.07, 6.45) is 5.71. The molecule has 1 aliphatic rings. The van der Waals surface area contributed by atoms with E-state index in [9.17, 15) is 4.79 Å². The highest BCUT2D eigenvalue weighted by molar-refractivity contribution is 5.94. The molecule has 1 amide bonds. The molecule has 0 radical (unpaired) electrons. The highest BCUT2D eigenvalue weighted by Crippen LogP contribution is 2.27. The molecule has 0 saturated heterocycles. The van der Waals surface area contributed by atoms with E-state index in [0.717, 1.165) is 19.4 Å². The second-order valence-corrected chi connectivity index (χ2v) is 3.73. The molecule has 0 aromatic carbocycles. The van der Waals surface area contributed by atoms with Crippen molar-refractivity contribution in [1.29, 1.82) is 0 Å². The number of carbonyl (C=O) groups excluding carboxylic acids is 1. The van der Waals surface area contributed by atoms with Crippen molar-refractivity contribution in [3.8, 4) is 0 Å². The second kappa shape index (κ2) is 3.44. The predicted octanol–water partition coefficient (Wildman–Crippen LogP) is 1.04. The van der Waals surface area contributed by atoms with Crippen LogP contribution in [0.5, 0.6) is 0 Å². The summed E-state index contributed by atoms with van der Waals surface area (Å²) < 4.78 is 1.66. The molecule has 1 aliphatic carbocycles. The van der Waals surface area contributed by atoms with Crippen LogP contribution in [0.3, 0.4) is 0 Å². The van der Waals surface area contributed by atoms with Gasteiger partial charge in [-0.15, -0.1) is 0 Å². The van der Waals surface area contributed by atoms with Crippen LogP contribution in [0.1, 0.15) is 30.1 Å². The van der Waals surface area contributed by atoms with Gasteiger partial charge in [0.15, 0.2) is 0 Å². The number of rotatable bonds is 3. The van der Waals surface area contributed by atoms with Crippen LogP contribution in [0.4, 0.5) is 0 Å². The van der Waals surface area contributed by atoms with Gasteiger partial charge >= 0.3 is 0 Å². The molecule has 2 rings (SSSR count). The topological polar surface area (TPSA) is 38.1 Å². The van der Waals surface area contributed by atoms with E-state index in [4.69, 9.17) is 0 Å². The fraction of sp³-hybridized carbons (Fsp3) is 0.600. The summed E-state index contributed by atoms with van der Waals surface area (Å²) in [6, 6.07) is 0.479. The number of amides is 1. The molecular weight excluding hydrogens is 178 g/mol.